The van der Waals surface area contributed by atoms with Gasteiger partial charge in [-0.05, 0) is 79.9 Å². The molecule has 0 aromatic heterocycles. The summed E-state index contributed by atoms with van der Waals surface area (Å²) in [6, 6.07) is 15.9. The largest absolute Gasteiger partial charge is 0.495 e. The summed E-state index contributed by atoms with van der Waals surface area (Å²) >= 11 is 6.05. The maximum Gasteiger partial charge on any atom is 0.262 e. The highest BCUT2D eigenvalue weighted by molar-refractivity contribution is 7.92. The van der Waals surface area contributed by atoms with E-state index in [4.69, 9.17) is 16.3 Å². The molecule has 0 spiro atoms. The Hall–Kier alpha value is -3.28. The molecule has 0 saturated carbocycles. The topological polar surface area (TPSA) is 122 Å². The Morgan fingerprint density at radius 1 is 0.974 bits per heavy atom. The lowest BCUT2D eigenvalue weighted by Gasteiger charge is -2.24. The number of nitrogens with zero attached hydrogens (tertiary/aromatic N) is 1. The molecule has 38 heavy (non-hydrogen) atoms. The van der Waals surface area contributed by atoms with E-state index in [2.05, 4.69) is 10.0 Å². The van der Waals surface area contributed by atoms with Gasteiger partial charge in [-0.25, -0.2) is 16.8 Å². The van der Waals surface area contributed by atoms with E-state index < -0.39 is 20.0 Å². The standard InChI is InChI=1S/C26H30ClN3O6S2/c1-18-7-14-25(36-3)23(16-18)29-38(34,35)22-12-10-21(11-13-22)28-26(31)6-5-15-30(37(4,32)33)24-17-20(27)9-8-19(24)2/h7-14,16-17,29H,5-6,15H2,1-4H3,(H,28,31). The molecule has 0 aliphatic carbocycles. The molecular weight excluding hydrogens is 550 g/mol. The number of ether oxygens (including phenoxy) is 1. The van der Waals surface area contributed by atoms with Crippen molar-refractivity contribution in [1.29, 1.82) is 0 Å². The molecule has 0 aliphatic rings. The first-order chi connectivity index (χ1) is 17.8. The number of nitrogens with one attached hydrogen (secondary N) is 2. The summed E-state index contributed by atoms with van der Waals surface area (Å²) in [5.41, 5.74) is 2.81. The van der Waals surface area contributed by atoms with Crippen molar-refractivity contribution < 1.29 is 26.4 Å². The summed E-state index contributed by atoms with van der Waals surface area (Å²) in [4.78, 5) is 12.5. The van der Waals surface area contributed by atoms with Gasteiger partial charge in [-0.2, -0.15) is 0 Å². The van der Waals surface area contributed by atoms with Crippen LogP contribution in [0, 0.1) is 13.8 Å². The molecule has 0 saturated heterocycles. The third kappa shape index (κ3) is 7.62. The molecule has 0 atom stereocenters. The smallest absolute Gasteiger partial charge is 0.262 e. The summed E-state index contributed by atoms with van der Waals surface area (Å²) in [6.45, 7) is 3.72. The summed E-state index contributed by atoms with van der Waals surface area (Å²) in [5.74, 6) is 0.0579. The fourth-order valence-electron chi connectivity index (χ4n) is 3.75. The molecule has 3 rings (SSSR count). The number of carbonyl (C=O) groups is 1. The average molecular weight is 580 g/mol. The number of amides is 1. The van der Waals surface area contributed by atoms with E-state index in [-0.39, 0.29) is 30.2 Å². The van der Waals surface area contributed by atoms with Crippen molar-refractivity contribution >= 4 is 54.6 Å². The summed E-state index contributed by atoms with van der Waals surface area (Å²) in [5, 5.41) is 3.12. The molecule has 12 heteroatoms. The SMILES string of the molecule is COc1ccc(C)cc1NS(=O)(=O)c1ccc(NC(=O)CCCN(c2cc(Cl)ccc2C)S(C)(=O)=O)cc1. The van der Waals surface area contributed by atoms with Crippen LogP contribution in [-0.2, 0) is 24.8 Å². The van der Waals surface area contributed by atoms with E-state index in [9.17, 15) is 21.6 Å². The third-order valence-corrected chi connectivity index (χ3v) is 8.45. The first kappa shape index (κ1) is 29.3. The molecule has 0 heterocycles. The molecule has 0 aliphatic heterocycles. The van der Waals surface area contributed by atoms with Crippen LogP contribution in [-0.4, -0.2) is 42.7 Å². The maximum absolute atomic E-state index is 12.8. The number of methoxy groups -OCH3 is 1. The zero-order valence-electron chi connectivity index (χ0n) is 21.5. The van der Waals surface area contributed by atoms with Crippen molar-refractivity contribution in [3.63, 3.8) is 0 Å². The lowest BCUT2D eigenvalue weighted by atomic mass is 10.2. The Bertz CT molecular complexity index is 1530. The molecule has 3 aromatic carbocycles. The zero-order chi connectivity index (χ0) is 28.1. The number of rotatable bonds is 11. The van der Waals surface area contributed by atoms with Crippen LogP contribution in [0.2, 0.25) is 5.02 Å². The Morgan fingerprint density at radius 3 is 2.29 bits per heavy atom. The third-order valence-electron chi connectivity index (χ3n) is 5.65. The minimum atomic E-state index is -3.89. The average Bonchev–Trinajstić information content (AvgIpc) is 2.83. The monoisotopic (exact) mass is 579 g/mol. The summed E-state index contributed by atoms with van der Waals surface area (Å²) < 4.78 is 59.4. The number of halogens is 1. The predicted octanol–water partition coefficient (Wildman–Crippen LogP) is 4.95. The van der Waals surface area contributed by atoms with Crippen LogP contribution in [0.25, 0.3) is 0 Å². The highest BCUT2D eigenvalue weighted by atomic mass is 35.5. The van der Waals surface area contributed by atoms with Crippen molar-refractivity contribution in [3.05, 3.63) is 76.8 Å². The van der Waals surface area contributed by atoms with E-state index in [0.717, 1.165) is 17.4 Å². The van der Waals surface area contributed by atoms with Crippen molar-refractivity contribution in [2.75, 3.05) is 34.3 Å². The molecule has 0 unspecified atom stereocenters. The summed E-state index contributed by atoms with van der Waals surface area (Å²) in [6.07, 6.45) is 1.42. The number of carbonyl (C=O) groups excluding carboxylic acids is 1. The second kappa shape index (κ2) is 12.1. The van der Waals surface area contributed by atoms with Crippen LogP contribution >= 0.6 is 11.6 Å². The Morgan fingerprint density at radius 2 is 1.66 bits per heavy atom. The van der Waals surface area contributed by atoms with Gasteiger partial charge in [-0.15, -0.1) is 0 Å². The normalized spacial score (nSPS) is 11.6. The number of anilines is 3. The van der Waals surface area contributed by atoms with Crippen molar-refractivity contribution in [1.82, 2.24) is 0 Å². The molecule has 204 valence electrons. The van der Waals surface area contributed by atoms with Gasteiger partial charge in [0.1, 0.15) is 5.75 Å². The second-order valence-corrected chi connectivity index (χ2v) is 12.8. The van der Waals surface area contributed by atoms with Crippen LogP contribution in [0.5, 0.6) is 5.75 Å². The van der Waals surface area contributed by atoms with Gasteiger partial charge in [-0.1, -0.05) is 23.7 Å². The van der Waals surface area contributed by atoms with E-state index in [0.29, 0.717) is 27.8 Å². The maximum atomic E-state index is 12.8. The first-order valence-electron chi connectivity index (χ1n) is 11.6. The van der Waals surface area contributed by atoms with Gasteiger partial charge in [0, 0.05) is 23.7 Å². The minimum absolute atomic E-state index is 0.0137. The number of hydrogen-bond acceptors (Lipinski definition) is 6. The number of aryl methyl sites for hydroxylation is 2. The van der Waals surface area contributed by atoms with Crippen LogP contribution in [0.3, 0.4) is 0 Å². The predicted molar refractivity (Wildman–Crippen MR) is 151 cm³/mol. The van der Waals surface area contributed by atoms with E-state index in [1.807, 2.05) is 13.0 Å². The number of benzene rings is 3. The molecule has 1 amide bonds. The van der Waals surface area contributed by atoms with Crippen molar-refractivity contribution in [2.24, 2.45) is 0 Å². The van der Waals surface area contributed by atoms with Gasteiger partial charge >= 0.3 is 0 Å². The molecule has 9 nitrogen and oxygen atoms in total. The fraction of sp³-hybridized carbons (Fsp3) is 0.269. The molecule has 0 bridgehead atoms. The van der Waals surface area contributed by atoms with E-state index in [1.54, 1.807) is 37.3 Å². The van der Waals surface area contributed by atoms with Crippen molar-refractivity contribution in [3.8, 4) is 5.75 Å². The van der Waals surface area contributed by atoms with Crippen molar-refractivity contribution in [2.45, 2.75) is 31.6 Å². The van der Waals surface area contributed by atoms with Gasteiger partial charge in [0.2, 0.25) is 15.9 Å². The quantitative estimate of drug-likeness (QED) is 0.331. The van der Waals surface area contributed by atoms with Crippen LogP contribution in [0.1, 0.15) is 24.0 Å². The lowest BCUT2D eigenvalue weighted by Crippen LogP contribution is -2.32. The Kier molecular flexibility index (Phi) is 9.29. The van der Waals surface area contributed by atoms with Gasteiger partial charge in [-0.3, -0.25) is 13.8 Å². The number of sulfonamides is 2. The Balaban J connectivity index is 1.62. The fourth-order valence-corrected chi connectivity index (χ4v) is 5.99. The number of hydrogen-bond donors (Lipinski definition) is 2. The second-order valence-electron chi connectivity index (χ2n) is 8.75. The van der Waals surface area contributed by atoms with E-state index >= 15 is 0 Å². The van der Waals surface area contributed by atoms with Gasteiger partial charge in [0.25, 0.3) is 10.0 Å². The highest BCUT2D eigenvalue weighted by Gasteiger charge is 2.20. The lowest BCUT2D eigenvalue weighted by molar-refractivity contribution is -0.116. The summed E-state index contributed by atoms with van der Waals surface area (Å²) in [7, 11) is -6.03. The molecule has 2 N–H and O–H groups in total. The van der Waals surface area contributed by atoms with Gasteiger partial charge in [0.15, 0.2) is 0 Å². The van der Waals surface area contributed by atoms with E-state index in [1.165, 1.54) is 35.7 Å². The van der Waals surface area contributed by atoms with Gasteiger partial charge < -0.3 is 10.1 Å². The van der Waals surface area contributed by atoms with Crippen LogP contribution in [0.4, 0.5) is 17.1 Å². The molecule has 0 radical (unpaired) electrons. The highest BCUT2D eigenvalue weighted by Crippen LogP contribution is 2.29. The molecular formula is C26H30ClN3O6S2. The molecule has 3 aromatic rings. The minimum Gasteiger partial charge on any atom is -0.495 e. The molecule has 0 fully saturated rings. The van der Waals surface area contributed by atoms with Crippen LogP contribution in [0.15, 0.2) is 65.6 Å². The van der Waals surface area contributed by atoms with Gasteiger partial charge in [0.05, 0.1) is 29.6 Å². The van der Waals surface area contributed by atoms with Crippen LogP contribution < -0.4 is 19.1 Å². The zero-order valence-corrected chi connectivity index (χ0v) is 23.9. The first-order valence-corrected chi connectivity index (χ1v) is 15.3. The Labute approximate surface area is 228 Å².